The van der Waals surface area contributed by atoms with Gasteiger partial charge in [-0.15, -0.1) is 0 Å². The number of carboxylic acids is 1. The number of allylic oxidation sites excluding steroid dienone is 2. The lowest BCUT2D eigenvalue weighted by atomic mass is 10.1. The minimum absolute atomic E-state index is 0.131. The molecule has 0 bridgehead atoms. The smallest absolute Gasteiger partial charge is 0.312 e. The highest BCUT2D eigenvalue weighted by Crippen LogP contribution is 2.54. The van der Waals surface area contributed by atoms with Crippen LogP contribution < -0.4 is 0 Å². The fourth-order valence-electron chi connectivity index (χ4n) is 1.78. The van der Waals surface area contributed by atoms with Crippen LogP contribution in [0.5, 0.6) is 0 Å². The van der Waals surface area contributed by atoms with E-state index in [4.69, 9.17) is 9.84 Å². The zero-order valence-corrected chi connectivity index (χ0v) is 11.5. The molecule has 0 aromatic carbocycles. The molecule has 4 heteroatoms. The summed E-state index contributed by atoms with van der Waals surface area (Å²) in [5.41, 5.74) is -0.882. The molecule has 0 aromatic rings. The number of carboxylic acid groups (broad SMARTS) is 1. The van der Waals surface area contributed by atoms with E-state index in [0.29, 0.717) is 6.42 Å². The Labute approximate surface area is 108 Å². The molecule has 102 valence electrons. The van der Waals surface area contributed by atoms with Gasteiger partial charge >= 0.3 is 11.9 Å². The minimum atomic E-state index is -0.801. The maximum atomic E-state index is 11.9. The van der Waals surface area contributed by atoms with Gasteiger partial charge in [-0.1, -0.05) is 12.2 Å². The number of aliphatic carboxylic acids is 1. The molecule has 1 rings (SSSR count). The quantitative estimate of drug-likeness (QED) is 0.605. The normalized spacial score (nSPS) is 27.2. The van der Waals surface area contributed by atoms with Crippen molar-refractivity contribution in [1.82, 2.24) is 0 Å². The molecule has 0 saturated heterocycles. The topological polar surface area (TPSA) is 63.6 Å². The highest BCUT2D eigenvalue weighted by molar-refractivity contribution is 5.81. The Morgan fingerprint density at radius 1 is 1.44 bits per heavy atom. The van der Waals surface area contributed by atoms with Crippen LogP contribution in [0.15, 0.2) is 12.2 Å². The summed E-state index contributed by atoms with van der Waals surface area (Å²) in [6, 6.07) is 0. The second kappa shape index (κ2) is 5.12. The minimum Gasteiger partial charge on any atom is -0.481 e. The molecule has 0 unspecified atom stereocenters. The predicted molar refractivity (Wildman–Crippen MR) is 68.1 cm³/mol. The molecule has 1 aliphatic carbocycles. The Morgan fingerprint density at radius 3 is 2.56 bits per heavy atom. The van der Waals surface area contributed by atoms with Gasteiger partial charge in [-0.05, 0) is 46.5 Å². The van der Waals surface area contributed by atoms with Gasteiger partial charge in [-0.2, -0.15) is 0 Å². The maximum Gasteiger partial charge on any atom is 0.312 e. The van der Waals surface area contributed by atoms with Crippen molar-refractivity contribution in [3.05, 3.63) is 12.2 Å². The van der Waals surface area contributed by atoms with Gasteiger partial charge in [-0.25, -0.2) is 0 Å². The monoisotopic (exact) mass is 254 g/mol. The van der Waals surface area contributed by atoms with Crippen molar-refractivity contribution in [3.8, 4) is 0 Å². The molecule has 0 aliphatic heterocycles. The van der Waals surface area contributed by atoms with E-state index >= 15 is 0 Å². The van der Waals surface area contributed by atoms with Crippen LogP contribution in [0.2, 0.25) is 0 Å². The van der Waals surface area contributed by atoms with Crippen LogP contribution in [0, 0.1) is 11.3 Å². The Kier molecular flexibility index (Phi) is 4.20. The first kappa shape index (κ1) is 14.7. The van der Waals surface area contributed by atoms with Crippen LogP contribution in [0.25, 0.3) is 0 Å². The first-order chi connectivity index (χ1) is 8.15. The summed E-state index contributed by atoms with van der Waals surface area (Å²) in [4.78, 5) is 22.3. The van der Waals surface area contributed by atoms with Gasteiger partial charge in [0.05, 0.1) is 5.41 Å². The fraction of sp³-hybridized carbons (Fsp3) is 0.714. The summed E-state index contributed by atoms with van der Waals surface area (Å²) in [5.74, 6) is -0.783. The van der Waals surface area contributed by atoms with Crippen molar-refractivity contribution in [3.63, 3.8) is 0 Å². The number of hydrogen-bond acceptors (Lipinski definition) is 3. The van der Waals surface area contributed by atoms with Crippen LogP contribution in [-0.2, 0) is 14.3 Å². The molecular formula is C14H22O4. The van der Waals surface area contributed by atoms with E-state index in [1.165, 1.54) is 0 Å². The predicted octanol–water partition coefficient (Wildman–Crippen LogP) is 2.78. The average Bonchev–Trinajstić information content (AvgIpc) is 2.83. The van der Waals surface area contributed by atoms with Gasteiger partial charge in [-0.3, -0.25) is 9.59 Å². The molecule has 0 aromatic heterocycles. The number of ether oxygens (including phenoxy) is 1. The molecule has 1 fully saturated rings. The van der Waals surface area contributed by atoms with Crippen molar-refractivity contribution in [2.75, 3.05) is 0 Å². The third-order valence-corrected chi connectivity index (χ3v) is 3.06. The second-order valence-corrected chi connectivity index (χ2v) is 6.09. The van der Waals surface area contributed by atoms with E-state index in [-0.39, 0.29) is 18.3 Å². The second-order valence-electron chi connectivity index (χ2n) is 6.09. The Hall–Kier alpha value is -1.32. The molecule has 18 heavy (non-hydrogen) atoms. The molecule has 1 saturated carbocycles. The van der Waals surface area contributed by atoms with Crippen LogP contribution >= 0.6 is 0 Å². The Balaban J connectivity index is 2.41. The van der Waals surface area contributed by atoms with E-state index < -0.39 is 17.0 Å². The largest absolute Gasteiger partial charge is 0.481 e. The lowest BCUT2D eigenvalue weighted by Gasteiger charge is -2.22. The van der Waals surface area contributed by atoms with Crippen LogP contribution in [0.3, 0.4) is 0 Å². The van der Waals surface area contributed by atoms with E-state index in [2.05, 4.69) is 0 Å². The van der Waals surface area contributed by atoms with Crippen molar-refractivity contribution in [1.29, 1.82) is 0 Å². The van der Waals surface area contributed by atoms with Crippen molar-refractivity contribution in [2.45, 2.75) is 52.6 Å². The fourth-order valence-corrected chi connectivity index (χ4v) is 1.78. The number of rotatable bonds is 5. The standard InChI is InChI=1S/C14H22O4/c1-13(2,3)18-12(17)14(4)9-10(14)7-5-6-8-11(15)16/h5,7,10H,6,8-9H2,1-4H3,(H,15,16)/t10-,14-/m0/s1. The maximum absolute atomic E-state index is 11.9. The van der Waals surface area contributed by atoms with E-state index in [1.54, 1.807) is 0 Å². The first-order valence-corrected chi connectivity index (χ1v) is 6.27. The SMILES string of the molecule is CC(C)(C)OC(=O)[C@@]1(C)C[C@@H]1C=CCCC(=O)O. The third kappa shape index (κ3) is 4.17. The summed E-state index contributed by atoms with van der Waals surface area (Å²) in [5, 5.41) is 8.50. The van der Waals surface area contributed by atoms with Crippen molar-refractivity contribution >= 4 is 11.9 Å². The lowest BCUT2D eigenvalue weighted by Crippen LogP contribution is -2.29. The summed E-state index contributed by atoms with van der Waals surface area (Å²) < 4.78 is 5.37. The molecule has 2 atom stereocenters. The van der Waals surface area contributed by atoms with Gasteiger partial charge in [0.15, 0.2) is 0 Å². The molecule has 1 N–H and O–H groups in total. The summed E-state index contributed by atoms with van der Waals surface area (Å²) in [6.45, 7) is 7.46. The molecular weight excluding hydrogens is 232 g/mol. The Morgan fingerprint density at radius 2 is 2.06 bits per heavy atom. The van der Waals surface area contributed by atoms with E-state index in [9.17, 15) is 9.59 Å². The highest BCUT2D eigenvalue weighted by atomic mass is 16.6. The molecule has 0 radical (unpaired) electrons. The van der Waals surface area contributed by atoms with Crippen molar-refractivity contribution < 1.29 is 19.4 Å². The first-order valence-electron chi connectivity index (χ1n) is 6.27. The van der Waals surface area contributed by atoms with Crippen LogP contribution in [-0.4, -0.2) is 22.6 Å². The highest BCUT2D eigenvalue weighted by Gasteiger charge is 2.56. The van der Waals surface area contributed by atoms with Gasteiger partial charge in [0.2, 0.25) is 0 Å². The Bertz CT molecular complexity index is 364. The molecule has 0 heterocycles. The number of hydrogen-bond donors (Lipinski definition) is 1. The summed E-state index contributed by atoms with van der Waals surface area (Å²) >= 11 is 0. The third-order valence-electron chi connectivity index (χ3n) is 3.06. The average molecular weight is 254 g/mol. The molecule has 0 spiro atoms. The molecule has 1 aliphatic rings. The lowest BCUT2D eigenvalue weighted by molar-refractivity contribution is -0.161. The van der Waals surface area contributed by atoms with E-state index in [0.717, 1.165) is 6.42 Å². The van der Waals surface area contributed by atoms with Gasteiger partial charge in [0.25, 0.3) is 0 Å². The molecule has 0 amide bonds. The van der Waals surface area contributed by atoms with Gasteiger partial charge in [0, 0.05) is 6.42 Å². The number of carbonyl (C=O) groups is 2. The zero-order valence-electron chi connectivity index (χ0n) is 11.5. The summed E-state index contributed by atoms with van der Waals surface area (Å²) in [6.07, 6.45) is 5.20. The summed E-state index contributed by atoms with van der Waals surface area (Å²) in [7, 11) is 0. The number of carbonyl (C=O) groups excluding carboxylic acids is 1. The molecule has 4 nitrogen and oxygen atoms in total. The number of esters is 1. The van der Waals surface area contributed by atoms with Crippen molar-refractivity contribution in [2.24, 2.45) is 11.3 Å². The van der Waals surface area contributed by atoms with Gasteiger partial charge < -0.3 is 9.84 Å². The van der Waals surface area contributed by atoms with Gasteiger partial charge in [0.1, 0.15) is 5.60 Å². The zero-order chi connectivity index (χ0) is 14.0. The van der Waals surface area contributed by atoms with E-state index in [1.807, 2.05) is 39.8 Å². The van der Waals surface area contributed by atoms with Crippen LogP contribution in [0.1, 0.15) is 47.0 Å². The van der Waals surface area contributed by atoms with Crippen LogP contribution in [0.4, 0.5) is 0 Å².